The normalized spacial score (nSPS) is 17.3. The van der Waals surface area contributed by atoms with E-state index in [4.69, 9.17) is 9.15 Å². The highest BCUT2D eigenvalue weighted by atomic mass is 16.5. The van der Waals surface area contributed by atoms with Crippen LogP contribution >= 0.6 is 0 Å². The molecule has 7 heteroatoms. The van der Waals surface area contributed by atoms with E-state index in [-0.39, 0.29) is 18.5 Å². The molecule has 1 fully saturated rings. The fourth-order valence-electron chi connectivity index (χ4n) is 4.22. The van der Waals surface area contributed by atoms with E-state index in [0.29, 0.717) is 12.2 Å². The number of aliphatic hydroxyl groups excluding tert-OH is 1. The Labute approximate surface area is 194 Å². The third-order valence-electron chi connectivity index (χ3n) is 6.08. The van der Waals surface area contributed by atoms with Gasteiger partial charge in [-0.2, -0.15) is 0 Å². The molecule has 1 N–H and O–H groups in total. The minimum Gasteiger partial charge on any atom is -0.462 e. The van der Waals surface area contributed by atoms with Gasteiger partial charge in [-0.05, 0) is 57.0 Å². The molecule has 174 valence electrons. The van der Waals surface area contributed by atoms with Gasteiger partial charge in [-0.3, -0.25) is 4.90 Å². The molecule has 0 spiro atoms. The molecule has 7 nitrogen and oxygen atoms in total. The van der Waals surface area contributed by atoms with E-state index in [1.807, 2.05) is 36.4 Å². The summed E-state index contributed by atoms with van der Waals surface area (Å²) in [7, 11) is 0. The van der Waals surface area contributed by atoms with Crippen LogP contribution in [0.1, 0.15) is 66.0 Å². The zero-order valence-electron chi connectivity index (χ0n) is 19.1. The van der Waals surface area contributed by atoms with Crippen LogP contribution in [0, 0.1) is 0 Å². The molecule has 4 rings (SSSR count). The second-order valence-electron chi connectivity index (χ2n) is 8.43. The number of benzene rings is 1. The van der Waals surface area contributed by atoms with E-state index in [1.54, 1.807) is 19.3 Å². The first-order chi connectivity index (χ1) is 16.2. The Kier molecular flexibility index (Phi) is 7.86. The zero-order valence-corrected chi connectivity index (χ0v) is 19.1. The molecule has 1 unspecified atom stereocenters. The Morgan fingerprint density at radius 1 is 1.09 bits per heavy atom. The van der Waals surface area contributed by atoms with E-state index in [9.17, 15) is 9.90 Å². The molecule has 1 aliphatic rings. The van der Waals surface area contributed by atoms with Gasteiger partial charge in [0.15, 0.2) is 0 Å². The predicted molar refractivity (Wildman–Crippen MR) is 125 cm³/mol. The predicted octanol–water partition coefficient (Wildman–Crippen LogP) is 4.57. The number of esters is 1. The fraction of sp³-hybridized carbons (Fsp3) is 0.423. The van der Waals surface area contributed by atoms with Crippen LogP contribution < -0.4 is 0 Å². The Bertz CT molecular complexity index is 1030. The maximum atomic E-state index is 11.8. The van der Waals surface area contributed by atoms with Crippen LogP contribution in [0.2, 0.25) is 0 Å². The average Bonchev–Trinajstić information content (AvgIpc) is 3.30. The number of aliphatic hydroxyl groups is 1. The van der Waals surface area contributed by atoms with Gasteiger partial charge in [0.25, 0.3) is 0 Å². The van der Waals surface area contributed by atoms with Crippen molar-refractivity contribution in [2.24, 2.45) is 0 Å². The van der Waals surface area contributed by atoms with Gasteiger partial charge in [0.2, 0.25) is 0 Å². The summed E-state index contributed by atoms with van der Waals surface area (Å²) in [6.45, 7) is 4.91. The number of carbonyl (C=O) groups excluding carboxylic acids is 1. The first-order valence-electron chi connectivity index (χ1n) is 11.7. The highest BCUT2D eigenvalue weighted by Crippen LogP contribution is 2.27. The third kappa shape index (κ3) is 6.06. The summed E-state index contributed by atoms with van der Waals surface area (Å²) in [5.74, 6) is 2.49. The number of nitrogens with zero attached hydrogens (tertiary/aromatic N) is 3. The van der Waals surface area contributed by atoms with Gasteiger partial charge >= 0.3 is 5.97 Å². The number of aromatic nitrogens is 2. The van der Waals surface area contributed by atoms with E-state index in [0.717, 1.165) is 73.8 Å². The van der Waals surface area contributed by atoms with Crippen LogP contribution in [0.25, 0.3) is 11.3 Å². The van der Waals surface area contributed by atoms with Crippen molar-refractivity contribution in [1.29, 1.82) is 0 Å². The number of carbonyl (C=O) groups is 1. The van der Waals surface area contributed by atoms with Crippen LogP contribution in [0.3, 0.4) is 0 Å². The molecule has 1 aliphatic heterocycles. The van der Waals surface area contributed by atoms with Crippen molar-refractivity contribution in [3.05, 3.63) is 71.5 Å². The molecule has 2 aromatic heterocycles. The van der Waals surface area contributed by atoms with Gasteiger partial charge in [-0.15, -0.1) is 0 Å². The molecule has 3 heterocycles. The first-order valence-corrected chi connectivity index (χ1v) is 11.7. The van der Waals surface area contributed by atoms with Gasteiger partial charge in [-0.25, -0.2) is 14.8 Å². The standard InChI is InChI=1S/C26H31N3O4/c1-2-32-26(31)22-15-27-25(28-16-22)21-5-3-4-13-29(14-12-21)17-23-10-11-24(33-23)20-8-6-19(18-30)7-9-20/h6-11,15-16,21,30H,2-5,12-14,17-18H2,1H3. The van der Waals surface area contributed by atoms with E-state index in [2.05, 4.69) is 14.9 Å². The van der Waals surface area contributed by atoms with E-state index >= 15 is 0 Å². The van der Waals surface area contributed by atoms with E-state index in [1.165, 1.54) is 0 Å². The Morgan fingerprint density at radius 2 is 1.88 bits per heavy atom. The molecule has 0 amide bonds. The topological polar surface area (TPSA) is 88.7 Å². The van der Waals surface area contributed by atoms with Crippen LogP contribution in [-0.4, -0.2) is 45.6 Å². The summed E-state index contributed by atoms with van der Waals surface area (Å²) in [5, 5.41) is 9.22. The average molecular weight is 450 g/mol. The molecule has 1 atom stereocenters. The lowest BCUT2D eigenvalue weighted by Crippen LogP contribution is -2.28. The smallest absolute Gasteiger partial charge is 0.341 e. The van der Waals surface area contributed by atoms with Crippen LogP contribution in [0.4, 0.5) is 0 Å². The van der Waals surface area contributed by atoms with Crippen LogP contribution in [-0.2, 0) is 17.9 Å². The number of ether oxygens (including phenoxy) is 1. The van der Waals surface area contributed by atoms with Gasteiger partial charge in [-0.1, -0.05) is 30.7 Å². The summed E-state index contributed by atoms with van der Waals surface area (Å²) in [6.07, 6.45) is 7.41. The number of likely N-dealkylation sites (tertiary alicyclic amines) is 1. The molecule has 1 aromatic carbocycles. The van der Waals surface area contributed by atoms with Crippen molar-refractivity contribution in [3.63, 3.8) is 0 Å². The molecule has 0 aliphatic carbocycles. The maximum Gasteiger partial charge on any atom is 0.341 e. The van der Waals surface area contributed by atoms with Gasteiger partial charge in [0.05, 0.1) is 25.3 Å². The monoisotopic (exact) mass is 449 g/mol. The molecular formula is C26H31N3O4. The van der Waals surface area contributed by atoms with Crippen molar-refractivity contribution in [1.82, 2.24) is 14.9 Å². The minimum absolute atomic E-state index is 0.0419. The fourth-order valence-corrected chi connectivity index (χ4v) is 4.22. The summed E-state index contributed by atoms with van der Waals surface area (Å²) in [4.78, 5) is 23.2. The highest BCUT2D eigenvalue weighted by Gasteiger charge is 2.21. The molecular weight excluding hydrogens is 418 g/mol. The van der Waals surface area contributed by atoms with Gasteiger partial charge in [0, 0.05) is 23.9 Å². The summed E-state index contributed by atoms with van der Waals surface area (Å²) in [5.41, 5.74) is 2.29. The second kappa shape index (κ2) is 11.2. The van der Waals surface area contributed by atoms with Crippen molar-refractivity contribution in [2.45, 2.75) is 51.7 Å². The number of hydrogen-bond donors (Lipinski definition) is 1. The molecule has 0 radical (unpaired) electrons. The van der Waals surface area contributed by atoms with Crippen molar-refractivity contribution >= 4 is 5.97 Å². The maximum absolute atomic E-state index is 11.8. The SMILES string of the molecule is CCOC(=O)c1cnc(C2CCCCN(Cc3ccc(-c4ccc(CO)cc4)o3)CC2)nc1. The summed E-state index contributed by atoms with van der Waals surface area (Å²) in [6, 6.07) is 11.8. The minimum atomic E-state index is -0.380. The van der Waals surface area contributed by atoms with Gasteiger partial charge in [0.1, 0.15) is 17.3 Å². The summed E-state index contributed by atoms with van der Waals surface area (Å²) < 4.78 is 11.1. The lowest BCUT2D eigenvalue weighted by molar-refractivity contribution is 0.0525. The Balaban J connectivity index is 1.36. The van der Waals surface area contributed by atoms with Crippen LogP contribution in [0.15, 0.2) is 53.2 Å². The molecule has 0 bridgehead atoms. The van der Waals surface area contributed by atoms with Gasteiger partial charge < -0.3 is 14.3 Å². The van der Waals surface area contributed by atoms with Crippen molar-refractivity contribution < 1.29 is 19.1 Å². The zero-order chi connectivity index (χ0) is 23.0. The van der Waals surface area contributed by atoms with Crippen molar-refractivity contribution in [2.75, 3.05) is 19.7 Å². The summed E-state index contributed by atoms with van der Waals surface area (Å²) >= 11 is 0. The Hall–Kier alpha value is -3.03. The lowest BCUT2D eigenvalue weighted by atomic mass is 9.95. The van der Waals surface area contributed by atoms with Crippen LogP contribution in [0.5, 0.6) is 0 Å². The Morgan fingerprint density at radius 3 is 2.61 bits per heavy atom. The van der Waals surface area contributed by atoms with E-state index < -0.39 is 0 Å². The molecule has 1 saturated heterocycles. The molecule has 33 heavy (non-hydrogen) atoms. The van der Waals surface area contributed by atoms with Crippen molar-refractivity contribution in [3.8, 4) is 11.3 Å². The number of hydrogen-bond acceptors (Lipinski definition) is 7. The number of rotatable bonds is 7. The molecule has 0 saturated carbocycles. The first kappa shape index (κ1) is 23.1. The lowest BCUT2D eigenvalue weighted by Gasteiger charge is -2.27. The largest absolute Gasteiger partial charge is 0.462 e. The third-order valence-corrected chi connectivity index (χ3v) is 6.08. The quantitative estimate of drug-likeness (QED) is 0.529. The number of furan rings is 1. The highest BCUT2D eigenvalue weighted by molar-refractivity contribution is 5.88. The second-order valence-corrected chi connectivity index (χ2v) is 8.43. The molecule has 3 aromatic rings.